The predicted octanol–water partition coefficient (Wildman–Crippen LogP) is 9.60. The molecule has 0 radical (unpaired) electrons. The molecule has 4 amide bonds. The molecule has 2 aromatic carbocycles. The smallest absolute Gasteiger partial charge is 0.277 e. The van der Waals surface area contributed by atoms with Gasteiger partial charge in [-0.2, -0.15) is 26.3 Å². The van der Waals surface area contributed by atoms with E-state index in [9.17, 15) is 45.5 Å². The zero-order valence-corrected chi connectivity index (χ0v) is 25.4. The summed E-state index contributed by atoms with van der Waals surface area (Å²) in [6.45, 7) is 2.26. The summed E-state index contributed by atoms with van der Waals surface area (Å²) in [5.41, 5.74) is -8.99. The molecule has 0 aromatic heterocycles. The minimum absolute atomic E-state index is 0. The third-order valence-corrected chi connectivity index (χ3v) is 10.7. The fourth-order valence-corrected chi connectivity index (χ4v) is 8.08. The van der Waals surface area contributed by atoms with Crippen molar-refractivity contribution in [3.63, 3.8) is 0 Å². The lowest BCUT2D eigenvalue weighted by Crippen LogP contribution is -2.55. The summed E-state index contributed by atoms with van der Waals surface area (Å²) in [5.74, 6) is -1.69. The molecule has 270 valence electrons. The van der Waals surface area contributed by atoms with Crippen molar-refractivity contribution in [1.82, 2.24) is 9.80 Å². The zero-order chi connectivity index (χ0) is 33.3. The van der Waals surface area contributed by atoms with Crippen LogP contribution in [0.15, 0.2) is 36.4 Å². The van der Waals surface area contributed by atoms with Crippen molar-refractivity contribution in [2.45, 2.75) is 111 Å². The van der Waals surface area contributed by atoms with E-state index in [0.717, 1.165) is 49.3 Å². The van der Waals surface area contributed by atoms with E-state index < -0.39 is 69.7 Å². The molecule has 2 aliphatic carbocycles. The molecule has 0 saturated heterocycles. The predicted molar refractivity (Wildman–Crippen MR) is 174 cm³/mol. The molecular weight excluding hydrogens is 650 g/mol. The Hall–Kier alpha value is -3.70. The first kappa shape index (κ1) is 39.7. The van der Waals surface area contributed by atoms with Crippen LogP contribution in [0.4, 0.5) is 26.3 Å². The van der Waals surface area contributed by atoms with E-state index in [1.807, 2.05) is 0 Å². The number of imide groups is 2. The second-order valence-corrected chi connectivity index (χ2v) is 13.5. The van der Waals surface area contributed by atoms with Crippen molar-refractivity contribution >= 4 is 23.6 Å². The van der Waals surface area contributed by atoms with Crippen LogP contribution in [0.3, 0.4) is 0 Å². The Bertz CT molecular complexity index is 1590. The van der Waals surface area contributed by atoms with E-state index in [-0.39, 0.29) is 33.4 Å². The maximum absolute atomic E-state index is 14.9. The first-order valence-corrected chi connectivity index (χ1v) is 15.7. The lowest BCUT2D eigenvalue weighted by Gasteiger charge is -2.38. The number of alkyl halides is 6. The zero-order valence-electron chi connectivity index (χ0n) is 25.4. The van der Waals surface area contributed by atoms with Gasteiger partial charge in [-0.25, -0.2) is 0 Å². The maximum atomic E-state index is 14.9. The molecule has 2 aliphatic heterocycles. The molecule has 0 atom stereocenters. The Kier molecular flexibility index (Phi) is 11.3. The Morgan fingerprint density at radius 2 is 0.980 bits per heavy atom. The molecule has 0 spiro atoms. The van der Waals surface area contributed by atoms with Crippen LogP contribution in [0.25, 0.3) is 0 Å². The number of benzene rings is 2. The molecule has 4 aliphatic rings. The van der Waals surface area contributed by atoms with Crippen LogP contribution in [-0.2, 0) is 5.41 Å². The average molecular weight is 697 g/mol. The van der Waals surface area contributed by atoms with Crippen LogP contribution >= 0.6 is 0 Å². The van der Waals surface area contributed by atoms with Crippen molar-refractivity contribution in [2.75, 3.05) is 7.05 Å². The summed E-state index contributed by atoms with van der Waals surface area (Å²) >= 11 is 0. The molecule has 2 fully saturated rings. The molecule has 0 unspecified atom stereocenters. The van der Waals surface area contributed by atoms with E-state index >= 15 is 0 Å². The fourth-order valence-electron chi connectivity index (χ4n) is 8.08. The fraction of sp³-hybridized carbons (Fsp3) is 0.568. The van der Waals surface area contributed by atoms with Crippen LogP contribution in [0.1, 0.15) is 140 Å². The van der Waals surface area contributed by atoms with Crippen LogP contribution < -0.4 is 0 Å². The highest BCUT2D eigenvalue weighted by molar-refractivity contribution is 6.22. The van der Waals surface area contributed by atoms with Crippen LogP contribution in [-0.4, -0.2) is 58.9 Å². The van der Waals surface area contributed by atoms with Gasteiger partial charge in [0.05, 0.1) is 22.3 Å². The highest BCUT2D eigenvalue weighted by atomic mass is 19.4. The molecule has 2 heterocycles. The van der Waals surface area contributed by atoms with Gasteiger partial charge in [-0.05, 0) is 85.3 Å². The molecular formula is C37H46F6N2O4. The van der Waals surface area contributed by atoms with Crippen molar-refractivity contribution in [2.24, 2.45) is 17.8 Å². The summed E-state index contributed by atoms with van der Waals surface area (Å²) in [6.07, 6.45) is -3.48. The highest BCUT2D eigenvalue weighted by Crippen LogP contribution is 2.57. The molecule has 6 nitrogen and oxygen atoms in total. The van der Waals surface area contributed by atoms with Crippen LogP contribution in [0.2, 0.25) is 0 Å². The van der Waals surface area contributed by atoms with Gasteiger partial charge in [0.25, 0.3) is 23.6 Å². The number of halogens is 6. The number of carbonyl (C=O) groups is 4. The third kappa shape index (κ3) is 6.29. The van der Waals surface area contributed by atoms with Crippen LogP contribution in [0.5, 0.6) is 0 Å². The number of nitrogens with zero attached hydrogens (tertiary/aromatic N) is 2. The first-order chi connectivity index (χ1) is 21.6. The molecule has 2 saturated carbocycles. The maximum Gasteiger partial charge on any atom is 0.411 e. The summed E-state index contributed by atoms with van der Waals surface area (Å²) in [7, 11) is 1.07. The topological polar surface area (TPSA) is 74.8 Å². The van der Waals surface area contributed by atoms with Gasteiger partial charge in [-0.1, -0.05) is 67.0 Å². The van der Waals surface area contributed by atoms with E-state index in [4.69, 9.17) is 0 Å². The van der Waals surface area contributed by atoms with Gasteiger partial charge in [0.1, 0.15) is 0 Å². The molecule has 0 bridgehead atoms. The van der Waals surface area contributed by atoms with Crippen molar-refractivity contribution in [3.05, 3.63) is 69.8 Å². The molecule has 49 heavy (non-hydrogen) atoms. The number of fused-ring (bicyclic) bond motifs is 2. The highest BCUT2D eigenvalue weighted by Gasteiger charge is 2.73. The SMILES string of the molecule is C.C.C.CC1CCC(CC2CCC(N3C(=O)c4ccc(C(c5ccc6c(c5)C(=O)N(C)C6=O)(C(F)(F)F)C(F)(F)F)cc4C3=O)CC2)CC1. The van der Waals surface area contributed by atoms with E-state index in [1.54, 1.807) is 0 Å². The number of hydrogen-bond acceptors (Lipinski definition) is 4. The Balaban J connectivity index is 0.00000217. The second-order valence-electron chi connectivity index (χ2n) is 13.5. The van der Waals surface area contributed by atoms with Gasteiger partial charge in [0.2, 0.25) is 5.41 Å². The van der Waals surface area contributed by atoms with Crippen LogP contribution in [0, 0.1) is 17.8 Å². The van der Waals surface area contributed by atoms with Gasteiger partial charge in [0, 0.05) is 13.1 Å². The van der Waals surface area contributed by atoms with E-state index in [1.165, 1.54) is 25.7 Å². The summed E-state index contributed by atoms with van der Waals surface area (Å²) < 4.78 is 89.5. The van der Waals surface area contributed by atoms with Gasteiger partial charge in [-0.15, -0.1) is 0 Å². The Labute approximate surface area is 284 Å². The first-order valence-electron chi connectivity index (χ1n) is 15.7. The minimum atomic E-state index is -5.99. The largest absolute Gasteiger partial charge is 0.411 e. The van der Waals surface area contributed by atoms with Gasteiger partial charge >= 0.3 is 12.4 Å². The Morgan fingerprint density at radius 1 is 0.592 bits per heavy atom. The molecule has 0 N–H and O–H groups in total. The van der Waals surface area contributed by atoms with E-state index in [0.29, 0.717) is 53.8 Å². The van der Waals surface area contributed by atoms with Gasteiger partial charge in [-0.3, -0.25) is 29.0 Å². The second kappa shape index (κ2) is 13.9. The van der Waals surface area contributed by atoms with Crippen molar-refractivity contribution < 1.29 is 45.5 Å². The van der Waals surface area contributed by atoms with Gasteiger partial charge in [0.15, 0.2) is 0 Å². The molecule has 2 aromatic rings. The van der Waals surface area contributed by atoms with Crippen molar-refractivity contribution in [3.8, 4) is 0 Å². The standard InChI is InChI=1S/C34H34F6N2O4.3CH4/c1-18-3-5-19(6-4-18)15-20-7-11-23(12-8-20)42-30(45)25-14-10-22(17-27(25)31(42)46)32(33(35,36)37,34(38,39)40)21-9-13-24-26(16-21)29(44)41(2)28(24)43;;;/h9-10,13-14,16-20,23H,3-8,11-12,15H2,1-2H3;3*1H4. The van der Waals surface area contributed by atoms with Gasteiger partial charge < -0.3 is 0 Å². The lowest BCUT2D eigenvalue weighted by molar-refractivity contribution is -0.288. The summed E-state index contributed by atoms with van der Waals surface area (Å²) in [4.78, 5) is 53.4. The quantitative estimate of drug-likeness (QED) is 0.231. The normalized spacial score (nSPS) is 24.2. The minimum Gasteiger partial charge on any atom is -0.277 e. The number of rotatable bonds is 5. The Morgan fingerprint density at radius 3 is 1.45 bits per heavy atom. The summed E-state index contributed by atoms with van der Waals surface area (Å²) in [6, 6.07) is 3.19. The molecule has 12 heteroatoms. The summed E-state index contributed by atoms with van der Waals surface area (Å²) in [5, 5.41) is 0. The lowest BCUT2D eigenvalue weighted by atomic mass is 9.71. The third-order valence-electron chi connectivity index (χ3n) is 10.7. The number of carbonyl (C=O) groups excluding carboxylic acids is 4. The van der Waals surface area contributed by atoms with Crippen molar-refractivity contribution in [1.29, 1.82) is 0 Å². The number of hydrogen-bond donors (Lipinski definition) is 0. The monoisotopic (exact) mass is 696 g/mol. The van der Waals surface area contributed by atoms with E-state index in [2.05, 4.69) is 6.92 Å². The number of amides is 4. The average Bonchev–Trinajstić information content (AvgIpc) is 3.37. The molecule has 6 rings (SSSR count).